The summed E-state index contributed by atoms with van der Waals surface area (Å²) in [4.78, 5) is 21.5. The van der Waals surface area contributed by atoms with Crippen molar-refractivity contribution in [2.45, 2.75) is 12.0 Å². The van der Waals surface area contributed by atoms with Crippen LogP contribution in [-0.4, -0.2) is 61.5 Å². The first-order valence-corrected chi connectivity index (χ1v) is 9.30. The summed E-state index contributed by atoms with van der Waals surface area (Å²) < 4.78 is 31.4. The van der Waals surface area contributed by atoms with Crippen molar-refractivity contribution in [3.63, 3.8) is 0 Å². The lowest BCUT2D eigenvalue weighted by Gasteiger charge is -2.44. The molecular formula is C20H24FN5O4. The Balaban J connectivity index is 2.03. The average Bonchev–Trinajstić information content (AvgIpc) is 2.75. The zero-order chi connectivity index (χ0) is 21.7. The molecule has 0 unspecified atom stereocenters. The maximum absolute atomic E-state index is 15.0. The van der Waals surface area contributed by atoms with E-state index in [1.165, 1.54) is 42.6 Å². The Morgan fingerprint density at radius 2 is 2.17 bits per heavy atom. The van der Waals surface area contributed by atoms with Gasteiger partial charge >= 0.3 is 0 Å². The van der Waals surface area contributed by atoms with Crippen LogP contribution in [0.1, 0.15) is 12.0 Å². The minimum atomic E-state index is -1.26. The first-order chi connectivity index (χ1) is 14.4. The SMILES string of the molecule is COc1cncc(Oc2ccc(F)c([C@]3(NC(=N)N(C)C)COCC[C@H]3C=O)c2)n1. The van der Waals surface area contributed by atoms with Gasteiger partial charge in [-0.2, -0.15) is 4.98 Å². The summed E-state index contributed by atoms with van der Waals surface area (Å²) in [5, 5.41) is 11.2. The van der Waals surface area contributed by atoms with Crippen LogP contribution in [-0.2, 0) is 15.1 Å². The van der Waals surface area contributed by atoms with E-state index in [-0.39, 0.29) is 29.9 Å². The summed E-state index contributed by atoms with van der Waals surface area (Å²) in [6, 6.07) is 4.18. The number of methoxy groups -OCH3 is 1. The van der Waals surface area contributed by atoms with Crippen molar-refractivity contribution >= 4 is 12.2 Å². The third kappa shape index (κ3) is 4.33. The van der Waals surface area contributed by atoms with Gasteiger partial charge in [0.05, 0.1) is 26.1 Å². The van der Waals surface area contributed by atoms with Crippen molar-refractivity contribution in [1.29, 1.82) is 5.41 Å². The summed E-state index contributed by atoms with van der Waals surface area (Å²) in [5.41, 5.74) is -1.09. The van der Waals surface area contributed by atoms with Crippen LogP contribution in [0, 0.1) is 17.1 Å². The number of halogens is 1. The molecule has 2 atom stereocenters. The minimum Gasteiger partial charge on any atom is -0.480 e. The van der Waals surface area contributed by atoms with E-state index in [4.69, 9.17) is 19.6 Å². The van der Waals surface area contributed by atoms with E-state index in [2.05, 4.69) is 15.3 Å². The first kappa shape index (κ1) is 21.4. The second-order valence-corrected chi connectivity index (χ2v) is 7.07. The molecule has 0 aliphatic carbocycles. The molecule has 2 heterocycles. The molecule has 1 aromatic carbocycles. The van der Waals surface area contributed by atoms with Gasteiger partial charge in [0, 0.05) is 32.2 Å². The van der Waals surface area contributed by atoms with Crippen molar-refractivity contribution < 1.29 is 23.4 Å². The molecule has 1 aromatic heterocycles. The van der Waals surface area contributed by atoms with Crippen molar-refractivity contribution in [3.8, 4) is 17.5 Å². The van der Waals surface area contributed by atoms with E-state index in [1.54, 1.807) is 14.1 Å². The topological polar surface area (TPSA) is 110 Å². The molecule has 2 aromatic rings. The van der Waals surface area contributed by atoms with Gasteiger partial charge in [-0.15, -0.1) is 0 Å². The second-order valence-electron chi connectivity index (χ2n) is 7.07. The third-order valence-electron chi connectivity index (χ3n) is 4.93. The summed E-state index contributed by atoms with van der Waals surface area (Å²) >= 11 is 0. The summed E-state index contributed by atoms with van der Waals surface area (Å²) in [5.74, 6) is -0.391. The van der Waals surface area contributed by atoms with E-state index in [0.29, 0.717) is 18.8 Å². The van der Waals surface area contributed by atoms with Gasteiger partial charge in [0.25, 0.3) is 0 Å². The van der Waals surface area contributed by atoms with Gasteiger partial charge in [-0.25, -0.2) is 4.39 Å². The molecule has 0 saturated carbocycles. The standard InChI is InChI=1S/C20H24FN5O4/c1-26(2)19(22)25-20(12-29-7-6-13(20)11-27)15-8-14(4-5-16(15)21)30-18-10-23-9-17(24-18)28-3/h4-5,8-11,13H,6-7,12H2,1-3H3,(H2,22,25)/t13-,20-/m0/s1. The van der Waals surface area contributed by atoms with Gasteiger partial charge in [-0.1, -0.05) is 0 Å². The molecule has 2 N–H and O–H groups in total. The molecule has 1 aliphatic heterocycles. The fourth-order valence-electron chi connectivity index (χ4n) is 3.29. The predicted molar refractivity (Wildman–Crippen MR) is 106 cm³/mol. The highest BCUT2D eigenvalue weighted by Gasteiger charge is 2.46. The molecule has 160 valence electrons. The number of nitrogens with zero attached hydrogens (tertiary/aromatic N) is 3. The Kier molecular flexibility index (Phi) is 6.46. The molecule has 1 saturated heterocycles. The van der Waals surface area contributed by atoms with E-state index >= 15 is 4.39 Å². The highest BCUT2D eigenvalue weighted by atomic mass is 19.1. The number of carbonyl (C=O) groups excluding carboxylic acids is 1. The van der Waals surface area contributed by atoms with E-state index < -0.39 is 17.3 Å². The predicted octanol–water partition coefficient (Wildman–Crippen LogP) is 1.93. The highest BCUT2D eigenvalue weighted by molar-refractivity contribution is 5.78. The molecule has 0 radical (unpaired) electrons. The van der Waals surface area contributed by atoms with Crippen molar-refractivity contribution in [1.82, 2.24) is 20.2 Å². The first-order valence-electron chi connectivity index (χ1n) is 9.30. The molecule has 10 heteroatoms. The minimum absolute atomic E-state index is 0.0198. The van der Waals surface area contributed by atoms with Gasteiger partial charge in [0.15, 0.2) is 5.96 Å². The van der Waals surface area contributed by atoms with Gasteiger partial charge in [0.2, 0.25) is 11.8 Å². The molecule has 1 fully saturated rings. The summed E-state index contributed by atoms with van der Waals surface area (Å²) in [7, 11) is 4.82. The highest BCUT2D eigenvalue weighted by Crippen LogP contribution is 2.38. The van der Waals surface area contributed by atoms with E-state index in [1.807, 2.05) is 0 Å². The zero-order valence-corrected chi connectivity index (χ0v) is 17.0. The number of guanidine groups is 1. The molecule has 0 spiro atoms. The smallest absolute Gasteiger partial charge is 0.241 e. The van der Waals surface area contributed by atoms with Gasteiger partial charge in [0.1, 0.15) is 23.4 Å². The van der Waals surface area contributed by atoms with Gasteiger partial charge < -0.3 is 29.2 Å². The number of hydrogen-bond donors (Lipinski definition) is 2. The normalized spacial score (nSPS) is 20.9. The third-order valence-corrected chi connectivity index (χ3v) is 4.93. The maximum Gasteiger partial charge on any atom is 0.241 e. The van der Waals surface area contributed by atoms with Gasteiger partial charge in [-0.05, 0) is 24.6 Å². The number of ether oxygens (including phenoxy) is 3. The number of aromatic nitrogens is 2. The number of rotatable bonds is 6. The average molecular weight is 417 g/mol. The lowest BCUT2D eigenvalue weighted by atomic mass is 9.76. The second kappa shape index (κ2) is 9.04. The molecule has 30 heavy (non-hydrogen) atoms. The Morgan fingerprint density at radius 1 is 1.40 bits per heavy atom. The maximum atomic E-state index is 15.0. The van der Waals surface area contributed by atoms with Gasteiger partial charge in [-0.3, -0.25) is 10.4 Å². The number of aldehydes is 1. The number of benzene rings is 1. The van der Waals surface area contributed by atoms with Crippen molar-refractivity contribution in [3.05, 3.63) is 42.0 Å². The molecule has 0 amide bonds. The monoisotopic (exact) mass is 417 g/mol. The Hall–Kier alpha value is -3.27. The molecule has 1 aliphatic rings. The van der Waals surface area contributed by atoms with Crippen LogP contribution < -0.4 is 14.8 Å². The molecular weight excluding hydrogens is 393 g/mol. The van der Waals surface area contributed by atoms with E-state index in [0.717, 1.165) is 6.29 Å². The lowest BCUT2D eigenvalue weighted by Crippen LogP contribution is -2.59. The molecule has 3 rings (SSSR count). The van der Waals surface area contributed by atoms with Crippen LogP contribution >= 0.6 is 0 Å². The molecule has 0 bridgehead atoms. The fraction of sp³-hybridized carbons (Fsp3) is 0.400. The number of carbonyl (C=O) groups is 1. The number of hydrogen-bond acceptors (Lipinski definition) is 7. The van der Waals surface area contributed by atoms with Crippen LogP contribution in [0.4, 0.5) is 4.39 Å². The summed E-state index contributed by atoms with van der Waals surface area (Å²) in [6.45, 7) is 0.394. The van der Waals surface area contributed by atoms with Crippen LogP contribution in [0.15, 0.2) is 30.6 Å². The largest absolute Gasteiger partial charge is 0.480 e. The number of nitrogens with one attached hydrogen (secondary N) is 2. The lowest BCUT2D eigenvalue weighted by molar-refractivity contribution is -0.119. The Morgan fingerprint density at radius 3 is 2.87 bits per heavy atom. The quantitative estimate of drug-likeness (QED) is 0.417. The van der Waals surface area contributed by atoms with Crippen molar-refractivity contribution in [2.75, 3.05) is 34.4 Å². The van der Waals surface area contributed by atoms with Crippen LogP contribution in [0.25, 0.3) is 0 Å². The van der Waals surface area contributed by atoms with Crippen LogP contribution in [0.2, 0.25) is 0 Å². The van der Waals surface area contributed by atoms with E-state index in [9.17, 15) is 4.79 Å². The fourth-order valence-corrected chi connectivity index (χ4v) is 3.29. The zero-order valence-electron chi connectivity index (χ0n) is 17.0. The molecule has 9 nitrogen and oxygen atoms in total. The van der Waals surface area contributed by atoms with Crippen LogP contribution in [0.3, 0.4) is 0 Å². The van der Waals surface area contributed by atoms with Crippen LogP contribution in [0.5, 0.6) is 17.5 Å². The Bertz CT molecular complexity index is 926. The Labute approximate surface area is 173 Å². The summed E-state index contributed by atoms with van der Waals surface area (Å²) in [6.07, 6.45) is 4.00. The van der Waals surface area contributed by atoms with Crippen molar-refractivity contribution in [2.24, 2.45) is 5.92 Å².